The van der Waals surface area contributed by atoms with E-state index < -0.39 is 10.0 Å². The summed E-state index contributed by atoms with van der Waals surface area (Å²) in [6.07, 6.45) is -0.306. The first kappa shape index (κ1) is 19.9. The fourth-order valence-corrected chi connectivity index (χ4v) is 5.48. The first-order valence-corrected chi connectivity index (χ1v) is 10.9. The summed E-state index contributed by atoms with van der Waals surface area (Å²) in [7, 11) is -3.62. The monoisotopic (exact) mass is 409 g/mol. The third-order valence-electron chi connectivity index (χ3n) is 4.27. The van der Waals surface area contributed by atoms with E-state index in [1.54, 1.807) is 0 Å². The second kappa shape index (κ2) is 7.67. The fourth-order valence-electron chi connectivity index (χ4n) is 3.08. The van der Waals surface area contributed by atoms with Gasteiger partial charge in [0.05, 0.1) is 27.8 Å². The molecule has 9 heteroatoms. The topological polar surface area (TPSA) is 88.6 Å². The Bertz CT molecular complexity index is 928. The predicted molar refractivity (Wildman–Crippen MR) is 105 cm³/mol. The van der Waals surface area contributed by atoms with Crippen LogP contribution in [-0.2, 0) is 14.8 Å². The van der Waals surface area contributed by atoms with Crippen molar-refractivity contribution >= 4 is 32.3 Å². The standard InChI is InChI=1S/C18H23N3O4S2/c1-11-9-21(10-12(2)25-11)27(23,24)16-7-5-15(6-8-16)17(22)20-18-13(3)19-14(4)26-18/h5-8,11-12H,9-10H2,1-4H3,(H,20,22)/t11-,12-/m0/s1. The Morgan fingerprint density at radius 1 is 1.19 bits per heavy atom. The molecule has 0 aliphatic carbocycles. The van der Waals surface area contributed by atoms with Crippen molar-refractivity contribution in [3.63, 3.8) is 0 Å². The van der Waals surface area contributed by atoms with Crippen LogP contribution in [0, 0.1) is 13.8 Å². The highest BCUT2D eigenvalue weighted by atomic mass is 32.2. The summed E-state index contributed by atoms with van der Waals surface area (Å²) in [5.41, 5.74) is 1.16. The number of amides is 1. The molecule has 146 valence electrons. The third kappa shape index (κ3) is 4.37. The molecule has 1 aromatic heterocycles. The van der Waals surface area contributed by atoms with Crippen LogP contribution in [0.15, 0.2) is 29.2 Å². The third-order valence-corrected chi connectivity index (χ3v) is 7.11. The summed E-state index contributed by atoms with van der Waals surface area (Å²) < 4.78 is 32.8. The zero-order valence-electron chi connectivity index (χ0n) is 15.7. The number of rotatable bonds is 4. The SMILES string of the molecule is Cc1nc(C)c(NC(=O)c2ccc(S(=O)(=O)N3C[C@H](C)O[C@@H](C)C3)cc2)s1. The number of thiazole rings is 1. The summed E-state index contributed by atoms with van der Waals surface area (Å²) in [4.78, 5) is 16.9. The van der Waals surface area contributed by atoms with E-state index in [0.29, 0.717) is 23.7 Å². The summed E-state index contributed by atoms with van der Waals surface area (Å²) in [6, 6.07) is 6.00. The number of benzene rings is 1. The van der Waals surface area contributed by atoms with E-state index in [2.05, 4.69) is 10.3 Å². The molecule has 1 saturated heterocycles. The zero-order chi connectivity index (χ0) is 19.8. The number of sulfonamides is 1. The molecular formula is C18H23N3O4S2. The van der Waals surface area contributed by atoms with Crippen LogP contribution in [0.2, 0.25) is 0 Å². The second-order valence-electron chi connectivity index (χ2n) is 6.71. The van der Waals surface area contributed by atoms with Crippen LogP contribution in [0.3, 0.4) is 0 Å². The molecule has 1 aliphatic rings. The molecule has 2 aromatic rings. The molecule has 0 spiro atoms. The number of aryl methyl sites for hydroxylation is 2. The van der Waals surface area contributed by atoms with Gasteiger partial charge in [0.1, 0.15) is 5.00 Å². The lowest BCUT2D eigenvalue weighted by Gasteiger charge is -2.34. The van der Waals surface area contributed by atoms with Gasteiger partial charge in [-0.1, -0.05) is 0 Å². The van der Waals surface area contributed by atoms with Gasteiger partial charge in [0.25, 0.3) is 5.91 Å². The van der Waals surface area contributed by atoms with E-state index in [9.17, 15) is 13.2 Å². The van der Waals surface area contributed by atoms with E-state index in [4.69, 9.17) is 4.74 Å². The molecule has 1 amide bonds. The summed E-state index contributed by atoms with van der Waals surface area (Å²) >= 11 is 1.41. The molecule has 0 saturated carbocycles. The van der Waals surface area contributed by atoms with Gasteiger partial charge in [0, 0.05) is 18.7 Å². The minimum absolute atomic E-state index is 0.153. The first-order chi connectivity index (χ1) is 12.7. The highest BCUT2D eigenvalue weighted by molar-refractivity contribution is 7.89. The van der Waals surface area contributed by atoms with Crippen LogP contribution in [0.1, 0.15) is 34.9 Å². The van der Waals surface area contributed by atoms with Crippen LogP contribution >= 0.6 is 11.3 Å². The Morgan fingerprint density at radius 3 is 2.30 bits per heavy atom. The Labute approximate surface area is 163 Å². The fraction of sp³-hybridized carbons (Fsp3) is 0.444. The Balaban J connectivity index is 1.76. The van der Waals surface area contributed by atoms with E-state index in [-0.39, 0.29) is 23.0 Å². The number of hydrogen-bond acceptors (Lipinski definition) is 6. The minimum atomic E-state index is -3.62. The molecule has 2 heterocycles. The number of nitrogens with zero attached hydrogens (tertiary/aromatic N) is 2. The van der Waals surface area contributed by atoms with Gasteiger partial charge >= 0.3 is 0 Å². The molecule has 3 rings (SSSR count). The highest BCUT2D eigenvalue weighted by Crippen LogP contribution is 2.25. The molecule has 0 unspecified atom stereocenters. The zero-order valence-corrected chi connectivity index (χ0v) is 17.4. The Hall–Kier alpha value is -1.81. The molecule has 27 heavy (non-hydrogen) atoms. The van der Waals surface area contributed by atoms with Crippen molar-refractivity contribution in [1.29, 1.82) is 0 Å². The number of morpholine rings is 1. The molecule has 1 N–H and O–H groups in total. The van der Waals surface area contributed by atoms with Crippen LogP contribution in [0.5, 0.6) is 0 Å². The van der Waals surface area contributed by atoms with Gasteiger partial charge in [-0.2, -0.15) is 4.31 Å². The van der Waals surface area contributed by atoms with Crippen molar-refractivity contribution in [3.05, 3.63) is 40.5 Å². The number of aromatic nitrogens is 1. The number of carbonyl (C=O) groups excluding carboxylic acids is 1. The largest absolute Gasteiger partial charge is 0.373 e. The van der Waals surface area contributed by atoms with Crippen LogP contribution < -0.4 is 5.32 Å². The van der Waals surface area contributed by atoms with Crippen molar-refractivity contribution in [1.82, 2.24) is 9.29 Å². The molecule has 2 atom stereocenters. The van der Waals surface area contributed by atoms with Crippen LogP contribution in [0.25, 0.3) is 0 Å². The average Bonchev–Trinajstić information content (AvgIpc) is 2.91. The average molecular weight is 410 g/mol. The normalized spacial score (nSPS) is 21.2. The van der Waals surface area contributed by atoms with Gasteiger partial charge in [0.15, 0.2) is 0 Å². The van der Waals surface area contributed by atoms with Gasteiger partial charge in [-0.15, -0.1) is 11.3 Å². The van der Waals surface area contributed by atoms with Crippen molar-refractivity contribution in [3.8, 4) is 0 Å². The molecule has 1 fully saturated rings. The Morgan fingerprint density at radius 2 is 1.78 bits per heavy atom. The number of carbonyl (C=O) groups is 1. The van der Waals surface area contributed by atoms with Crippen LogP contribution in [-0.4, -0.2) is 48.9 Å². The van der Waals surface area contributed by atoms with Crippen molar-refractivity contribution in [2.45, 2.75) is 44.8 Å². The van der Waals surface area contributed by atoms with E-state index in [0.717, 1.165) is 10.7 Å². The lowest BCUT2D eigenvalue weighted by molar-refractivity contribution is -0.0440. The number of anilines is 1. The van der Waals surface area contributed by atoms with Gasteiger partial charge in [0.2, 0.25) is 10.0 Å². The summed E-state index contributed by atoms with van der Waals surface area (Å²) in [5.74, 6) is -0.292. The van der Waals surface area contributed by atoms with Gasteiger partial charge in [-0.25, -0.2) is 13.4 Å². The quantitative estimate of drug-likeness (QED) is 0.839. The van der Waals surface area contributed by atoms with E-state index >= 15 is 0 Å². The molecule has 1 aromatic carbocycles. The Kier molecular flexibility index (Phi) is 5.66. The van der Waals surface area contributed by atoms with Gasteiger partial charge in [-0.3, -0.25) is 4.79 Å². The molecule has 0 radical (unpaired) electrons. The molecule has 1 aliphatic heterocycles. The maximum atomic E-state index is 12.9. The van der Waals surface area contributed by atoms with Crippen molar-refractivity contribution in [2.24, 2.45) is 0 Å². The van der Waals surface area contributed by atoms with E-state index in [1.807, 2.05) is 27.7 Å². The van der Waals surface area contributed by atoms with Crippen molar-refractivity contribution < 1.29 is 17.9 Å². The lowest BCUT2D eigenvalue weighted by atomic mass is 10.2. The minimum Gasteiger partial charge on any atom is -0.373 e. The molecular weight excluding hydrogens is 386 g/mol. The number of ether oxygens (including phenoxy) is 1. The number of hydrogen-bond donors (Lipinski definition) is 1. The lowest BCUT2D eigenvalue weighted by Crippen LogP contribution is -2.48. The van der Waals surface area contributed by atoms with Crippen LogP contribution in [0.4, 0.5) is 5.00 Å². The van der Waals surface area contributed by atoms with Crippen molar-refractivity contribution in [2.75, 3.05) is 18.4 Å². The highest BCUT2D eigenvalue weighted by Gasteiger charge is 2.32. The maximum absolute atomic E-state index is 12.9. The maximum Gasteiger partial charge on any atom is 0.256 e. The van der Waals surface area contributed by atoms with Gasteiger partial charge in [-0.05, 0) is 52.0 Å². The smallest absolute Gasteiger partial charge is 0.256 e. The predicted octanol–water partition coefficient (Wildman–Crippen LogP) is 2.81. The number of nitrogens with one attached hydrogen (secondary N) is 1. The second-order valence-corrected chi connectivity index (χ2v) is 9.85. The molecule has 0 bridgehead atoms. The molecule has 7 nitrogen and oxygen atoms in total. The van der Waals surface area contributed by atoms with E-state index in [1.165, 1.54) is 39.9 Å². The first-order valence-electron chi connectivity index (χ1n) is 8.68. The van der Waals surface area contributed by atoms with Gasteiger partial charge < -0.3 is 10.1 Å². The summed E-state index contributed by atoms with van der Waals surface area (Å²) in [6.45, 7) is 8.06. The summed E-state index contributed by atoms with van der Waals surface area (Å²) in [5, 5.41) is 4.39.